The molecule has 0 radical (unpaired) electrons. The van der Waals surface area contributed by atoms with E-state index in [-0.39, 0.29) is 0 Å². The molecule has 0 aliphatic heterocycles. The van der Waals surface area contributed by atoms with Crippen molar-refractivity contribution in [1.29, 1.82) is 0 Å². The Balaban J connectivity index is 2.54. The molecule has 0 atom stereocenters. The molecule has 3 nitrogen and oxygen atoms in total. The van der Waals surface area contributed by atoms with Gasteiger partial charge in [0.15, 0.2) is 5.65 Å². The average molecular weight is 268 g/mol. The number of nitrogens with zero attached hydrogens (tertiary/aromatic N) is 3. The molecule has 0 spiro atoms. The first-order chi connectivity index (χ1) is 7.08. The number of hydrogen-bond acceptors (Lipinski definition) is 2. The van der Waals surface area contributed by atoms with Gasteiger partial charge in [-0.05, 0) is 40.8 Å². The number of aryl methyl sites for hydroxylation is 1. The summed E-state index contributed by atoms with van der Waals surface area (Å²) in [6, 6.07) is 0. The minimum Gasteiger partial charge on any atom is -0.236 e. The van der Waals surface area contributed by atoms with E-state index in [0.29, 0.717) is 5.92 Å². The monoisotopic (exact) mass is 267 g/mol. The van der Waals surface area contributed by atoms with Crippen LogP contribution in [0.3, 0.4) is 0 Å². The quantitative estimate of drug-likeness (QED) is 0.838. The molecule has 2 rings (SSSR count). The zero-order valence-electron chi connectivity index (χ0n) is 9.16. The van der Waals surface area contributed by atoms with Gasteiger partial charge in [0, 0.05) is 12.4 Å². The second kappa shape index (κ2) is 3.93. The Bertz CT molecular complexity index is 488. The summed E-state index contributed by atoms with van der Waals surface area (Å²) >= 11 is 3.56. The van der Waals surface area contributed by atoms with Crippen molar-refractivity contribution in [2.24, 2.45) is 5.92 Å². The van der Waals surface area contributed by atoms with Crippen LogP contribution in [0, 0.1) is 12.8 Å². The van der Waals surface area contributed by atoms with E-state index in [1.165, 1.54) is 0 Å². The highest BCUT2D eigenvalue weighted by molar-refractivity contribution is 9.10. The summed E-state index contributed by atoms with van der Waals surface area (Å²) in [7, 11) is 0. The molecule has 0 saturated heterocycles. The van der Waals surface area contributed by atoms with Crippen LogP contribution < -0.4 is 0 Å². The molecule has 15 heavy (non-hydrogen) atoms. The predicted molar refractivity (Wildman–Crippen MR) is 64.0 cm³/mol. The molecule has 0 amide bonds. The van der Waals surface area contributed by atoms with Crippen molar-refractivity contribution < 1.29 is 0 Å². The van der Waals surface area contributed by atoms with E-state index >= 15 is 0 Å². The van der Waals surface area contributed by atoms with Gasteiger partial charge in [-0.15, -0.1) is 0 Å². The lowest BCUT2D eigenvalue weighted by Gasteiger charge is -1.99. The Hall–Kier alpha value is -0.900. The maximum Gasteiger partial charge on any atom is 0.169 e. The zero-order chi connectivity index (χ0) is 11.0. The first-order valence-electron chi connectivity index (χ1n) is 5.07. The summed E-state index contributed by atoms with van der Waals surface area (Å²) in [6.07, 6.45) is 4.83. The Morgan fingerprint density at radius 3 is 2.87 bits per heavy atom. The van der Waals surface area contributed by atoms with Gasteiger partial charge in [-0.3, -0.25) is 0 Å². The molecule has 0 aliphatic rings. The Morgan fingerprint density at radius 2 is 2.20 bits per heavy atom. The highest BCUT2D eigenvalue weighted by Gasteiger charge is 2.12. The summed E-state index contributed by atoms with van der Waals surface area (Å²) in [4.78, 5) is 4.36. The first kappa shape index (κ1) is 10.6. The predicted octanol–water partition coefficient (Wildman–Crippen LogP) is 3.00. The highest BCUT2D eigenvalue weighted by Crippen LogP contribution is 2.23. The zero-order valence-corrected chi connectivity index (χ0v) is 10.7. The minimum absolute atomic E-state index is 0.604. The number of rotatable bonds is 2. The van der Waals surface area contributed by atoms with Crippen LogP contribution in [0.25, 0.3) is 5.65 Å². The van der Waals surface area contributed by atoms with Gasteiger partial charge in [-0.2, -0.15) is 5.10 Å². The normalized spacial score (nSPS) is 11.5. The van der Waals surface area contributed by atoms with Crippen LogP contribution in [-0.4, -0.2) is 14.6 Å². The van der Waals surface area contributed by atoms with Crippen LogP contribution >= 0.6 is 15.9 Å². The second-order valence-corrected chi connectivity index (χ2v) is 5.05. The van der Waals surface area contributed by atoms with Crippen LogP contribution in [0.2, 0.25) is 0 Å². The van der Waals surface area contributed by atoms with Crippen molar-refractivity contribution in [3.05, 3.63) is 28.1 Å². The lowest BCUT2D eigenvalue weighted by atomic mass is 10.1. The molecule has 0 fully saturated rings. The number of halogens is 1. The molecular formula is C11H14BrN3. The van der Waals surface area contributed by atoms with Crippen LogP contribution in [0.5, 0.6) is 0 Å². The number of fused-ring (bicyclic) bond motifs is 1. The molecule has 0 aliphatic carbocycles. The van der Waals surface area contributed by atoms with Crippen LogP contribution in [0.1, 0.15) is 25.1 Å². The SMILES string of the molecule is Cc1cnc2c(Br)c(CC(C)C)nn2c1. The summed E-state index contributed by atoms with van der Waals surface area (Å²) in [6.45, 7) is 6.40. The van der Waals surface area contributed by atoms with Crippen LogP contribution in [-0.2, 0) is 6.42 Å². The van der Waals surface area contributed by atoms with Crippen molar-refractivity contribution in [3.8, 4) is 0 Å². The van der Waals surface area contributed by atoms with E-state index in [0.717, 1.165) is 27.8 Å². The van der Waals surface area contributed by atoms with Gasteiger partial charge < -0.3 is 0 Å². The fraction of sp³-hybridized carbons (Fsp3) is 0.455. The molecule has 0 bridgehead atoms. The van der Waals surface area contributed by atoms with Gasteiger partial charge in [0.1, 0.15) is 0 Å². The average Bonchev–Trinajstić information content (AvgIpc) is 2.42. The van der Waals surface area contributed by atoms with Crippen molar-refractivity contribution in [2.45, 2.75) is 27.2 Å². The summed E-state index contributed by atoms with van der Waals surface area (Å²) in [5.74, 6) is 0.604. The van der Waals surface area contributed by atoms with Gasteiger partial charge in [-0.25, -0.2) is 9.50 Å². The van der Waals surface area contributed by atoms with Crippen molar-refractivity contribution in [3.63, 3.8) is 0 Å². The second-order valence-electron chi connectivity index (χ2n) is 4.26. The maximum absolute atomic E-state index is 4.52. The van der Waals surface area contributed by atoms with E-state index in [2.05, 4.69) is 39.9 Å². The molecule has 80 valence electrons. The van der Waals surface area contributed by atoms with E-state index in [1.807, 2.05) is 23.8 Å². The summed E-state index contributed by atoms with van der Waals surface area (Å²) in [5.41, 5.74) is 3.10. The van der Waals surface area contributed by atoms with Crippen molar-refractivity contribution >= 4 is 21.6 Å². The fourth-order valence-corrected chi connectivity index (χ4v) is 2.09. The van der Waals surface area contributed by atoms with Gasteiger partial charge >= 0.3 is 0 Å². The Kier molecular flexibility index (Phi) is 2.78. The molecule has 2 aromatic rings. The summed E-state index contributed by atoms with van der Waals surface area (Å²) < 4.78 is 2.87. The number of hydrogen-bond donors (Lipinski definition) is 0. The van der Waals surface area contributed by atoms with Crippen LogP contribution in [0.4, 0.5) is 0 Å². The van der Waals surface area contributed by atoms with Gasteiger partial charge in [0.2, 0.25) is 0 Å². The smallest absolute Gasteiger partial charge is 0.169 e. The molecule has 0 unspecified atom stereocenters. The van der Waals surface area contributed by atoms with Gasteiger partial charge in [0.05, 0.1) is 10.2 Å². The molecule has 0 aromatic carbocycles. The molecule has 4 heteroatoms. The molecule has 0 N–H and O–H groups in total. The minimum atomic E-state index is 0.604. The number of aromatic nitrogens is 3. The van der Waals surface area contributed by atoms with Gasteiger partial charge in [0.25, 0.3) is 0 Å². The highest BCUT2D eigenvalue weighted by atomic mass is 79.9. The van der Waals surface area contributed by atoms with Crippen molar-refractivity contribution in [1.82, 2.24) is 14.6 Å². The largest absolute Gasteiger partial charge is 0.236 e. The van der Waals surface area contributed by atoms with E-state index in [4.69, 9.17) is 0 Å². The van der Waals surface area contributed by atoms with Crippen LogP contribution in [0.15, 0.2) is 16.9 Å². The third kappa shape index (κ3) is 2.04. The Morgan fingerprint density at radius 1 is 1.47 bits per heavy atom. The molecule has 0 saturated carbocycles. The lowest BCUT2D eigenvalue weighted by Crippen LogP contribution is -1.96. The van der Waals surface area contributed by atoms with E-state index in [1.54, 1.807) is 0 Å². The van der Waals surface area contributed by atoms with Crippen molar-refractivity contribution in [2.75, 3.05) is 0 Å². The fourth-order valence-electron chi connectivity index (χ4n) is 1.56. The van der Waals surface area contributed by atoms with E-state index in [9.17, 15) is 0 Å². The standard InChI is InChI=1S/C11H14BrN3/c1-7(2)4-9-10(12)11-13-5-8(3)6-15(11)14-9/h5-7H,4H2,1-3H3. The lowest BCUT2D eigenvalue weighted by molar-refractivity contribution is 0.629. The maximum atomic E-state index is 4.52. The topological polar surface area (TPSA) is 30.2 Å². The summed E-state index contributed by atoms with van der Waals surface area (Å²) in [5, 5.41) is 4.52. The molecule has 2 aromatic heterocycles. The molecular weight excluding hydrogens is 254 g/mol. The van der Waals surface area contributed by atoms with Gasteiger partial charge in [-0.1, -0.05) is 13.8 Å². The third-order valence-electron chi connectivity index (χ3n) is 2.21. The van der Waals surface area contributed by atoms with E-state index < -0.39 is 0 Å². The third-order valence-corrected chi connectivity index (χ3v) is 3.03. The first-order valence-corrected chi connectivity index (χ1v) is 5.86. The Labute approximate surface area is 97.6 Å². The molecule has 2 heterocycles.